The molecule has 0 aromatic carbocycles. The van der Waals surface area contributed by atoms with Crippen LogP contribution in [0, 0.1) is 0 Å². The number of methoxy groups -OCH3 is 1. The lowest BCUT2D eigenvalue weighted by molar-refractivity contribution is 0.234. The minimum absolute atomic E-state index is 0.0110. The van der Waals surface area contributed by atoms with Crippen molar-refractivity contribution in [2.75, 3.05) is 19.0 Å². The van der Waals surface area contributed by atoms with Gasteiger partial charge in [0, 0.05) is 18.3 Å². The maximum absolute atomic E-state index is 9.49. The van der Waals surface area contributed by atoms with Crippen molar-refractivity contribution < 1.29 is 9.84 Å². The zero-order valence-electron chi connectivity index (χ0n) is 14.5. The number of aliphatic hydroxyl groups is 1. The first-order valence-electron chi connectivity index (χ1n) is 7.93. The molecule has 25 heavy (non-hydrogen) atoms. The largest absolute Gasteiger partial charge is 0.481 e. The van der Waals surface area contributed by atoms with Crippen molar-refractivity contribution in [3.05, 3.63) is 48.8 Å². The molecule has 7 nitrogen and oxygen atoms in total. The summed E-state index contributed by atoms with van der Waals surface area (Å²) in [5.41, 5.74) is 1.92. The highest BCUT2D eigenvalue weighted by Crippen LogP contribution is 2.26. The maximum atomic E-state index is 9.49. The van der Waals surface area contributed by atoms with Crippen LogP contribution < -0.4 is 10.1 Å². The van der Waals surface area contributed by atoms with Crippen LogP contribution in [0.3, 0.4) is 0 Å². The van der Waals surface area contributed by atoms with E-state index < -0.39 is 5.54 Å². The fraction of sp³-hybridized carbons (Fsp3) is 0.278. The summed E-state index contributed by atoms with van der Waals surface area (Å²) in [5, 5.41) is 17.3. The molecular weight excluding hydrogens is 318 g/mol. The maximum Gasteiger partial charge on any atom is 0.213 e. The summed E-state index contributed by atoms with van der Waals surface area (Å²) in [6.07, 6.45) is 3.43. The van der Waals surface area contributed by atoms with Crippen molar-refractivity contribution in [1.29, 1.82) is 0 Å². The van der Waals surface area contributed by atoms with E-state index in [4.69, 9.17) is 4.74 Å². The lowest BCUT2D eigenvalue weighted by atomic mass is 10.1. The predicted molar refractivity (Wildman–Crippen MR) is 95.9 cm³/mol. The number of anilines is 1. The van der Waals surface area contributed by atoms with E-state index in [-0.39, 0.29) is 6.61 Å². The van der Waals surface area contributed by atoms with Crippen LogP contribution in [0.5, 0.6) is 5.88 Å². The van der Waals surface area contributed by atoms with Crippen LogP contribution in [-0.2, 0) is 0 Å². The van der Waals surface area contributed by atoms with Crippen molar-refractivity contribution >= 4 is 5.82 Å². The predicted octanol–water partition coefficient (Wildman–Crippen LogP) is 2.52. The van der Waals surface area contributed by atoms with E-state index in [1.54, 1.807) is 30.3 Å². The highest BCUT2D eigenvalue weighted by molar-refractivity contribution is 5.63. The fourth-order valence-corrected chi connectivity index (χ4v) is 2.34. The van der Waals surface area contributed by atoms with Crippen molar-refractivity contribution in [3.63, 3.8) is 0 Å². The molecule has 0 spiro atoms. The van der Waals surface area contributed by atoms with Gasteiger partial charge in [0.1, 0.15) is 5.82 Å². The summed E-state index contributed by atoms with van der Waals surface area (Å²) in [7, 11) is 1.58. The molecule has 7 heteroatoms. The Morgan fingerprint density at radius 2 is 2.04 bits per heavy atom. The first-order chi connectivity index (χ1) is 12.0. The Bertz CT molecular complexity index is 828. The quantitative estimate of drug-likeness (QED) is 0.718. The van der Waals surface area contributed by atoms with E-state index >= 15 is 0 Å². The van der Waals surface area contributed by atoms with Crippen LogP contribution in [0.1, 0.15) is 13.8 Å². The van der Waals surface area contributed by atoms with E-state index in [9.17, 15) is 5.11 Å². The Balaban J connectivity index is 2.06. The number of hydrogen-bond acceptors (Lipinski definition) is 6. The Kier molecular flexibility index (Phi) is 4.67. The molecule has 2 N–H and O–H groups in total. The van der Waals surface area contributed by atoms with Crippen LogP contribution in [-0.4, -0.2) is 44.1 Å². The zero-order chi connectivity index (χ0) is 17.9. The van der Waals surface area contributed by atoms with Gasteiger partial charge < -0.3 is 15.2 Å². The molecular formula is C18H21N5O2. The number of aliphatic hydroxyl groups excluding tert-OH is 1. The standard InChI is InChI=1S/C18H21N5O2/c1-18(2,12-24)21-16-10-15(14-6-4-5-9-19-14)23(22-16)13-7-8-17(25-3)20-11-13/h4-11,24H,12H2,1-3H3,(H,21,22). The molecule has 0 aliphatic rings. The van der Waals surface area contributed by atoms with Gasteiger partial charge in [-0.25, -0.2) is 9.67 Å². The molecule has 130 valence electrons. The molecule has 0 saturated carbocycles. The van der Waals surface area contributed by atoms with Crippen LogP contribution in [0.25, 0.3) is 17.1 Å². The van der Waals surface area contributed by atoms with E-state index in [1.165, 1.54) is 0 Å². The van der Waals surface area contributed by atoms with Crippen molar-refractivity contribution in [3.8, 4) is 23.0 Å². The number of aromatic nitrogens is 4. The third kappa shape index (κ3) is 3.77. The highest BCUT2D eigenvalue weighted by Gasteiger charge is 2.20. The second-order valence-corrected chi connectivity index (χ2v) is 6.27. The number of hydrogen-bond donors (Lipinski definition) is 2. The van der Waals surface area contributed by atoms with Crippen molar-refractivity contribution in [2.45, 2.75) is 19.4 Å². The van der Waals surface area contributed by atoms with Crippen LogP contribution in [0.2, 0.25) is 0 Å². The van der Waals surface area contributed by atoms with E-state index in [0.717, 1.165) is 17.1 Å². The monoisotopic (exact) mass is 339 g/mol. The number of nitrogens with one attached hydrogen (secondary N) is 1. The lowest BCUT2D eigenvalue weighted by Crippen LogP contribution is -2.35. The molecule has 0 aliphatic heterocycles. The molecule has 3 rings (SSSR count). The molecule has 3 aromatic rings. The fourth-order valence-electron chi connectivity index (χ4n) is 2.34. The summed E-state index contributed by atoms with van der Waals surface area (Å²) < 4.78 is 6.88. The number of rotatable bonds is 6. The molecule has 0 radical (unpaired) electrons. The summed E-state index contributed by atoms with van der Waals surface area (Å²) in [6.45, 7) is 3.80. The molecule has 0 unspecified atom stereocenters. The van der Waals surface area contributed by atoms with Gasteiger partial charge in [0.25, 0.3) is 0 Å². The second kappa shape index (κ2) is 6.90. The van der Waals surface area contributed by atoms with Gasteiger partial charge in [-0.15, -0.1) is 5.10 Å². The zero-order valence-corrected chi connectivity index (χ0v) is 14.5. The minimum Gasteiger partial charge on any atom is -0.481 e. The third-order valence-corrected chi connectivity index (χ3v) is 3.67. The molecule has 0 saturated heterocycles. The first-order valence-corrected chi connectivity index (χ1v) is 7.93. The Morgan fingerprint density at radius 3 is 2.64 bits per heavy atom. The average molecular weight is 339 g/mol. The summed E-state index contributed by atoms with van der Waals surface area (Å²) in [6, 6.07) is 11.3. The van der Waals surface area contributed by atoms with Crippen LogP contribution in [0.4, 0.5) is 5.82 Å². The number of pyridine rings is 2. The van der Waals surface area contributed by atoms with Crippen molar-refractivity contribution in [2.24, 2.45) is 0 Å². The van der Waals surface area contributed by atoms with Gasteiger partial charge in [0.05, 0.1) is 42.5 Å². The number of ether oxygens (including phenoxy) is 1. The molecule has 0 bridgehead atoms. The molecule has 0 atom stereocenters. The van der Waals surface area contributed by atoms with E-state index in [1.807, 2.05) is 44.2 Å². The lowest BCUT2D eigenvalue weighted by Gasteiger charge is -2.22. The van der Waals surface area contributed by atoms with E-state index in [0.29, 0.717) is 11.7 Å². The van der Waals surface area contributed by atoms with Gasteiger partial charge in [0.2, 0.25) is 5.88 Å². The highest BCUT2D eigenvalue weighted by atomic mass is 16.5. The molecule has 3 aromatic heterocycles. The van der Waals surface area contributed by atoms with Gasteiger partial charge in [-0.1, -0.05) is 6.07 Å². The Hall–Kier alpha value is -2.93. The molecule has 0 amide bonds. The van der Waals surface area contributed by atoms with Gasteiger partial charge in [0.15, 0.2) is 0 Å². The topological polar surface area (TPSA) is 85.1 Å². The van der Waals surface area contributed by atoms with Gasteiger partial charge >= 0.3 is 0 Å². The number of nitrogens with zero attached hydrogens (tertiary/aromatic N) is 4. The molecule has 3 heterocycles. The normalized spacial score (nSPS) is 11.4. The minimum atomic E-state index is -0.487. The van der Waals surface area contributed by atoms with Crippen LogP contribution >= 0.6 is 0 Å². The summed E-state index contributed by atoms with van der Waals surface area (Å²) in [4.78, 5) is 8.66. The van der Waals surface area contributed by atoms with Gasteiger partial charge in [-0.2, -0.15) is 0 Å². The summed E-state index contributed by atoms with van der Waals surface area (Å²) in [5.74, 6) is 1.19. The smallest absolute Gasteiger partial charge is 0.213 e. The van der Waals surface area contributed by atoms with Crippen molar-refractivity contribution in [1.82, 2.24) is 19.7 Å². The Morgan fingerprint density at radius 1 is 1.20 bits per heavy atom. The SMILES string of the molecule is COc1ccc(-n2nc(NC(C)(C)CO)cc2-c2ccccn2)cn1. The molecule has 0 fully saturated rings. The average Bonchev–Trinajstić information content (AvgIpc) is 3.05. The van der Waals surface area contributed by atoms with Gasteiger partial charge in [-0.05, 0) is 32.0 Å². The Labute approximate surface area is 146 Å². The summed E-state index contributed by atoms with van der Waals surface area (Å²) >= 11 is 0. The second-order valence-electron chi connectivity index (χ2n) is 6.27. The molecule has 0 aliphatic carbocycles. The van der Waals surface area contributed by atoms with Gasteiger partial charge in [-0.3, -0.25) is 4.98 Å². The third-order valence-electron chi connectivity index (χ3n) is 3.67. The van der Waals surface area contributed by atoms with Crippen LogP contribution in [0.15, 0.2) is 48.8 Å². The first kappa shape index (κ1) is 16.9. The van der Waals surface area contributed by atoms with E-state index in [2.05, 4.69) is 20.4 Å².